The van der Waals surface area contributed by atoms with Crippen LogP contribution in [0.5, 0.6) is 0 Å². The maximum absolute atomic E-state index is 13.3. The summed E-state index contributed by atoms with van der Waals surface area (Å²) in [6.07, 6.45) is 0.813. The number of hydrogen-bond acceptors (Lipinski definition) is 2. The number of nitrogens with one attached hydrogen (secondary N) is 1. The summed E-state index contributed by atoms with van der Waals surface area (Å²) in [5.41, 5.74) is 0.500. The van der Waals surface area contributed by atoms with Crippen LogP contribution in [0.25, 0.3) is 0 Å². The van der Waals surface area contributed by atoms with Crippen LogP contribution in [0.4, 0.5) is 10.1 Å². The lowest BCUT2D eigenvalue weighted by Crippen LogP contribution is -2.45. The van der Waals surface area contributed by atoms with Crippen molar-refractivity contribution in [1.29, 1.82) is 0 Å². The predicted molar refractivity (Wildman–Crippen MR) is 74.8 cm³/mol. The second-order valence-electron chi connectivity index (χ2n) is 5.47. The fourth-order valence-electron chi connectivity index (χ4n) is 2.37. The van der Waals surface area contributed by atoms with Gasteiger partial charge in [-0.25, -0.2) is 4.39 Å². The lowest BCUT2D eigenvalue weighted by molar-refractivity contribution is -0.125. The molecule has 1 aliphatic rings. The molecule has 1 N–H and O–H groups in total. The third-order valence-corrected chi connectivity index (χ3v) is 3.29. The second-order valence-corrected chi connectivity index (χ2v) is 5.47. The fourth-order valence-corrected chi connectivity index (χ4v) is 2.37. The first-order valence-corrected chi connectivity index (χ1v) is 6.83. The Labute approximate surface area is 118 Å². The highest BCUT2D eigenvalue weighted by Gasteiger charge is 2.31. The monoisotopic (exact) mass is 278 g/mol. The van der Waals surface area contributed by atoms with Gasteiger partial charge in [0.2, 0.25) is 11.8 Å². The van der Waals surface area contributed by atoms with Crippen molar-refractivity contribution < 1.29 is 14.0 Å². The number of rotatable bonds is 3. The highest BCUT2D eigenvalue weighted by molar-refractivity contribution is 6.01. The average Bonchev–Trinajstić information content (AvgIpc) is 2.49. The molecule has 1 unspecified atom stereocenters. The van der Waals surface area contributed by atoms with Crippen molar-refractivity contribution in [3.05, 3.63) is 30.1 Å². The van der Waals surface area contributed by atoms with E-state index in [1.165, 1.54) is 17.0 Å². The molecule has 1 atom stereocenters. The minimum atomic E-state index is -0.534. The molecular weight excluding hydrogens is 259 g/mol. The standard InChI is InChI=1S/C15H19FN2O2/c1-10(2)8-13-15(20)18(7-6-14(19)17-13)12-5-3-4-11(16)9-12/h3-5,9-10,13H,6-8H2,1-2H3,(H,17,19). The van der Waals surface area contributed by atoms with E-state index in [1.54, 1.807) is 12.1 Å². The smallest absolute Gasteiger partial charge is 0.249 e. The molecule has 1 aliphatic heterocycles. The van der Waals surface area contributed by atoms with Crippen LogP contribution in [-0.2, 0) is 9.59 Å². The van der Waals surface area contributed by atoms with Crippen molar-refractivity contribution in [2.45, 2.75) is 32.7 Å². The average molecular weight is 278 g/mol. The van der Waals surface area contributed by atoms with Gasteiger partial charge in [-0.05, 0) is 30.5 Å². The molecule has 2 rings (SSSR count). The molecule has 20 heavy (non-hydrogen) atoms. The van der Waals surface area contributed by atoms with Crippen molar-refractivity contribution >= 4 is 17.5 Å². The van der Waals surface area contributed by atoms with Gasteiger partial charge in [0, 0.05) is 18.7 Å². The van der Waals surface area contributed by atoms with Gasteiger partial charge in [0.25, 0.3) is 0 Å². The van der Waals surface area contributed by atoms with E-state index in [0.29, 0.717) is 12.1 Å². The summed E-state index contributed by atoms with van der Waals surface area (Å²) in [6, 6.07) is 5.37. The van der Waals surface area contributed by atoms with Crippen LogP contribution < -0.4 is 10.2 Å². The normalized spacial score (nSPS) is 20.0. The lowest BCUT2D eigenvalue weighted by Gasteiger charge is -2.25. The van der Waals surface area contributed by atoms with Crippen LogP contribution >= 0.6 is 0 Å². The van der Waals surface area contributed by atoms with Crippen LogP contribution in [-0.4, -0.2) is 24.4 Å². The Morgan fingerprint density at radius 1 is 1.40 bits per heavy atom. The Hall–Kier alpha value is -1.91. The molecule has 4 nitrogen and oxygen atoms in total. The van der Waals surface area contributed by atoms with Crippen LogP contribution in [0.2, 0.25) is 0 Å². The van der Waals surface area contributed by atoms with Crippen molar-refractivity contribution in [3.8, 4) is 0 Å². The number of halogens is 1. The van der Waals surface area contributed by atoms with E-state index in [9.17, 15) is 14.0 Å². The quantitative estimate of drug-likeness (QED) is 0.920. The van der Waals surface area contributed by atoms with Gasteiger partial charge in [0.15, 0.2) is 0 Å². The van der Waals surface area contributed by atoms with E-state index < -0.39 is 6.04 Å². The van der Waals surface area contributed by atoms with Crippen LogP contribution in [0, 0.1) is 11.7 Å². The van der Waals surface area contributed by atoms with E-state index in [0.717, 1.165) is 0 Å². The van der Waals surface area contributed by atoms with Gasteiger partial charge < -0.3 is 10.2 Å². The molecule has 2 amide bonds. The molecule has 5 heteroatoms. The molecule has 1 heterocycles. The minimum Gasteiger partial charge on any atom is -0.344 e. The number of nitrogens with zero attached hydrogens (tertiary/aromatic N) is 1. The van der Waals surface area contributed by atoms with Crippen molar-refractivity contribution in [3.63, 3.8) is 0 Å². The van der Waals surface area contributed by atoms with Gasteiger partial charge in [-0.3, -0.25) is 9.59 Å². The van der Waals surface area contributed by atoms with E-state index in [1.807, 2.05) is 13.8 Å². The molecule has 0 radical (unpaired) electrons. The molecule has 0 bridgehead atoms. The first-order chi connectivity index (χ1) is 9.47. The number of benzene rings is 1. The third kappa shape index (κ3) is 3.35. The molecule has 108 valence electrons. The fraction of sp³-hybridized carbons (Fsp3) is 0.467. The zero-order valence-corrected chi connectivity index (χ0v) is 11.7. The van der Waals surface area contributed by atoms with Gasteiger partial charge in [-0.2, -0.15) is 0 Å². The first-order valence-electron chi connectivity index (χ1n) is 6.83. The number of carbonyl (C=O) groups is 2. The van der Waals surface area contributed by atoms with Crippen molar-refractivity contribution in [2.75, 3.05) is 11.4 Å². The maximum Gasteiger partial charge on any atom is 0.249 e. The van der Waals surface area contributed by atoms with Crippen molar-refractivity contribution in [2.24, 2.45) is 5.92 Å². The highest BCUT2D eigenvalue weighted by Crippen LogP contribution is 2.20. The summed E-state index contributed by atoms with van der Waals surface area (Å²) in [4.78, 5) is 25.7. The topological polar surface area (TPSA) is 49.4 Å². The number of amides is 2. The summed E-state index contributed by atoms with van der Waals surface area (Å²) < 4.78 is 13.3. The molecule has 1 aromatic rings. The Balaban J connectivity index is 2.27. The van der Waals surface area contributed by atoms with Gasteiger partial charge in [-0.1, -0.05) is 19.9 Å². The van der Waals surface area contributed by atoms with E-state index in [4.69, 9.17) is 0 Å². The largest absolute Gasteiger partial charge is 0.344 e. The van der Waals surface area contributed by atoms with Gasteiger partial charge in [0.1, 0.15) is 11.9 Å². The molecule has 0 saturated carbocycles. The van der Waals surface area contributed by atoms with E-state index in [2.05, 4.69) is 5.32 Å². The number of carbonyl (C=O) groups excluding carboxylic acids is 2. The van der Waals surface area contributed by atoms with E-state index in [-0.39, 0.29) is 36.5 Å². The summed E-state index contributed by atoms with van der Waals surface area (Å²) in [7, 11) is 0. The summed E-state index contributed by atoms with van der Waals surface area (Å²) in [5, 5.41) is 2.75. The van der Waals surface area contributed by atoms with Crippen LogP contribution in [0.3, 0.4) is 0 Å². The van der Waals surface area contributed by atoms with Crippen molar-refractivity contribution in [1.82, 2.24) is 5.32 Å². The summed E-state index contributed by atoms with van der Waals surface area (Å²) in [5.74, 6) is -0.408. The number of hydrogen-bond donors (Lipinski definition) is 1. The van der Waals surface area contributed by atoms with Gasteiger partial charge in [0.05, 0.1) is 0 Å². The molecule has 0 spiro atoms. The Morgan fingerprint density at radius 3 is 2.80 bits per heavy atom. The Kier molecular flexibility index (Phi) is 4.37. The molecule has 0 aliphatic carbocycles. The number of anilines is 1. The molecule has 0 aromatic heterocycles. The molecular formula is C15H19FN2O2. The molecule has 1 fully saturated rings. The SMILES string of the molecule is CC(C)CC1NC(=O)CCN(c2cccc(F)c2)C1=O. The van der Waals surface area contributed by atoms with Crippen LogP contribution in [0.15, 0.2) is 24.3 Å². The minimum absolute atomic E-state index is 0.136. The maximum atomic E-state index is 13.3. The van der Waals surface area contributed by atoms with Gasteiger partial charge >= 0.3 is 0 Å². The lowest BCUT2D eigenvalue weighted by atomic mass is 10.0. The highest BCUT2D eigenvalue weighted by atomic mass is 19.1. The molecule has 1 saturated heterocycles. The summed E-state index contributed by atoms with van der Waals surface area (Å²) in [6.45, 7) is 4.27. The third-order valence-electron chi connectivity index (χ3n) is 3.29. The first kappa shape index (κ1) is 14.5. The second kappa shape index (κ2) is 6.03. The Bertz CT molecular complexity index is 516. The van der Waals surface area contributed by atoms with E-state index >= 15 is 0 Å². The Morgan fingerprint density at radius 2 is 2.15 bits per heavy atom. The van der Waals surface area contributed by atoms with Gasteiger partial charge in [-0.15, -0.1) is 0 Å². The summed E-state index contributed by atoms with van der Waals surface area (Å²) >= 11 is 0. The zero-order valence-electron chi connectivity index (χ0n) is 11.7. The predicted octanol–water partition coefficient (Wildman–Crippen LogP) is 2.09. The van der Waals surface area contributed by atoms with Crippen LogP contribution in [0.1, 0.15) is 26.7 Å². The zero-order chi connectivity index (χ0) is 14.7. The molecule has 1 aromatic carbocycles.